The van der Waals surface area contributed by atoms with E-state index in [0.29, 0.717) is 12.2 Å². The van der Waals surface area contributed by atoms with E-state index in [-0.39, 0.29) is 47.6 Å². The second-order valence-corrected chi connectivity index (χ2v) is 7.28. The van der Waals surface area contributed by atoms with Crippen LogP contribution in [0.2, 0.25) is 5.82 Å². The lowest BCUT2D eigenvalue weighted by Gasteiger charge is -2.43. The summed E-state index contributed by atoms with van der Waals surface area (Å²) in [6.07, 6.45) is 2.59. The fourth-order valence-corrected chi connectivity index (χ4v) is 4.10. The van der Waals surface area contributed by atoms with E-state index in [2.05, 4.69) is 5.09 Å². The van der Waals surface area contributed by atoms with Gasteiger partial charge in [-0.2, -0.15) is 4.91 Å². The topological polar surface area (TPSA) is 99.1 Å². The van der Waals surface area contributed by atoms with Crippen LogP contribution in [0.4, 0.5) is 0 Å². The maximum atomic E-state index is 12.4. The highest BCUT2D eigenvalue weighted by Gasteiger charge is 2.50. The standard InChI is InChI=1S/C19H22BNO6/c1-11(22)6-9-17(23)14-8-7-13(14)16-10-12-4-3-5-15(19(24)26-2)18(12)27-20(16)21-25/h3-5,13-14,16H,6-10H2,1-2H3/t13-,14+,16-/m1/s1. The maximum absolute atomic E-state index is 12.4. The number of carbonyl (C=O) groups excluding carboxylic acids is 3. The minimum absolute atomic E-state index is 0.00194. The summed E-state index contributed by atoms with van der Waals surface area (Å²) in [5.41, 5.74) is 1.08. The highest BCUT2D eigenvalue weighted by atomic mass is 16.5. The minimum Gasteiger partial charge on any atom is -0.537 e. The third kappa shape index (κ3) is 3.79. The molecule has 0 radical (unpaired) electrons. The molecule has 0 spiro atoms. The Bertz CT molecular complexity index is 779. The number of methoxy groups -OCH3 is 1. The molecule has 1 heterocycles. The van der Waals surface area contributed by atoms with Gasteiger partial charge in [0.05, 0.1) is 7.11 Å². The predicted molar refractivity (Wildman–Crippen MR) is 98.5 cm³/mol. The number of hydrogen-bond acceptors (Lipinski definition) is 7. The Labute approximate surface area is 157 Å². The average molecular weight is 371 g/mol. The summed E-state index contributed by atoms with van der Waals surface area (Å²) in [5.74, 6) is -0.505. The van der Waals surface area contributed by atoms with Gasteiger partial charge in [0, 0.05) is 24.6 Å². The Balaban J connectivity index is 1.80. The van der Waals surface area contributed by atoms with E-state index in [9.17, 15) is 19.3 Å². The van der Waals surface area contributed by atoms with Gasteiger partial charge >= 0.3 is 13.0 Å². The number of nitroso groups, excluding NO2 is 1. The molecule has 0 unspecified atom stereocenters. The molecule has 142 valence electrons. The second-order valence-electron chi connectivity index (χ2n) is 7.28. The molecule has 1 fully saturated rings. The molecule has 27 heavy (non-hydrogen) atoms. The minimum atomic E-state index is -0.947. The van der Waals surface area contributed by atoms with E-state index in [1.54, 1.807) is 12.1 Å². The number of hydrogen-bond donors (Lipinski definition) is 0. The zero-order chi connectivity index (χ0) is 19.6. The normalized spacial score (nSPS) is 23.5. The van der Waals surface area contributed by atoms with Gasteiger partial charge in [0.2, 0.25) is 0 Å². The van der Waals surface area contributed by atoms with Crippen LogP contribution in [-0.2, 0) is 20.7 Å². The van der Waals surface area contributed by atoms with Crippen molar-refractivity contribution in [1.82, 2.24) is 0 Å². The molecule has 1 aromatic rings. The zero-order valence-electron chi connectivity index (χ0n) is 15.5. The number of ketones is 2. The molecule has 2 aliphatic rings. The lowest BCUT2D eigenvalue weighted by atomic mass is 9.50. The Kier molecular flexibility index (Phi) is 5.72. The highest BCUT2D eigenvalue weighted by molar-refractivity contribution is 6.53. The van der Waals surface area contributed by atoms with Crippen LogP contribution in [0, 0.1) is 16.7 Å². The highest BCUT2D eigenvalue weighted by Crippen LogP contribution is 2.49. The quantitative estimate of drug-likeness (QED) is 0.415. The maximum Gasteiger partial charge on any atom is 0.550 e. The van der Waals surface area contributed by atoms with Crippen molar-refractivity contribution in [3.05, 3.63) is 34.2 Å². The van der Waals surface area contributed by atoms with E-state index in [1.807, 2.05) is 6.07 Å². The molecule has 3 atom stereocenters. The predicted octanol–water partition coefficient (Wildman–Crippen LogP) is 3.00. The van der Waals surface area contributed by atoms with Gasteiger partial charge in [0.1, 0.15) is 22.9 Å². The Morgan fingerprint density at radius 1 is 1.26 bits per heavy atom. The van der Waals surface area contributed by atoms with Gasteiger partial charge in [-0.3, -0.25) is 4.79 Å². The van der Waals surface area contributed by atoms with Crippen molar-refractivity contribution in [1.29, 1.82) is 0 Å². The lowest BCUT2D eigenvalue weighted by Crippen LogP contribution is -2.45. The third-order valence-corrected chi connectivity index (χ3v) is 5.68. The van der Waals surface area contributed by atoms with Gasteiger partial charge < -0.3 is 14.2 Å². The molecule has 1 aliphatic heterocycles. The van der Waals surface area contributed by atoms with Crippen molar-refractivity contribution >= 4 is 24.6 Å². The number of ether oxygens (including phenoxy) is 1. The molecule has 0 aromatic heterocycles. The summed E-state index contributed by atoms with van der Waals surface area (Å²) in [6.45, 7) is 1.47. The van der Waals surface area contributed by atoms with Crippen molar-refractivity contribution < 1.29 is 23.8 Å². The number of para-hydroxylation sites is 1. The van der Waals surface area contributed by atoms with Crippen LogP contribution in [0.25, 0.3) is 0 Å². The number of Topliss-reactive ketones (excluding diaryl/α,β-unsaturated/α-hetero) is 2. The average Bonchev–Trinajstić information content (AvgIpc) is 2.63. The van der Waals surface area contributed by atoms with E-state index < -0.39 is 13.0 Å². The molecule has 1 aromatic carbocycles. The van der Waals surface area contributed by atoms with Crippen LogP contribution in [-0.4, -0.2) is 31.7 Å². The summed E-state index contributed by atoms with van der Waals surface area (Å²) in [4.78, 5) is 47.0. The molecule has 0 saturated heterocycles. The molecule has 3 rings (SSSR count). The molecule has 0 bridgehead atoms. The zero-order valence-corrected chi connectivity index (χ0v) is 15.5. The molecule has 8 heteroatoms. The summed E-state index contributed by atoms with van der Waals surface area (Å²) in [5, 5.41) is 3.14. The van der Waals surface area contributed by atoms with Crippen molar-refractivity contribution in [2.75, 3.05) is 7.11 Å². The Hall–Kier alpha value is -2.51. The first-order valence-corrected chi connectivity index (χ1v) is 9.17. The summed E-state index contributed by atoms with van der Waals surface area (Å²) >= 11 is 0. The van der Waals surface area contributed by atoms with Crippen molar-refractivity contribution in [2.45, 2.75) is 44.8 Å². The number of carbonyl (C=O) groups is 3. The fraction of sp³-hybridized carbons (Fsp3) is 0.526. The SMILES string of the molecule is COC(=O)c1cccc2c1OB(N=O)[C@@H]([C@@H]1CC[C@@H]1C(=O)CCC(C)=O)C2. The molecule has 7 nitrogen and oxygen atoms in total. The van der Waals surface area contributed by atoms with Crippen molar-refractivity contribution in [3.63, 3.8) is 0 Å². The van der Waals surface area contributed by atoms with Crippen molar-refractivity contribution in [2.24, 2.45) is 16.9 Å². The molecular formula is C19H22BNO6. The summed E-state index contributed by atoms with van der Waals surface area (Å²) < 4.78 is 10.6. The van der Waals surface area contributed by atoms with Crippen LogP contribution >= 0.6 is 0 Å². The van der Waals surface area contributed by atoms with Crippen LogP contribution in [0.5, 0.6) is 5.75 Å². The molecule has 1 aliphatic carbocycles. The van der Waals surface area contributed by atoms with E-state index in [0.717, 1.165) is 18.4 Å². The van der Waals surface area contributed by atoms with Gasteiger partial charge in [-0.1, -0.05) is 17.2 Å². The van der Waals surface area contributed by atoms with E-state index in [4.69, 9.17) is 9.39 Å². The second kappa shape index (κ2) is 8.02. The van der Waals surface area contributed by atoms with Gasteiger partial charge in [0.15, 0.2) is 0 Å². The Morgan fingerprint density at radius 2 is 2.04 bits per heavy atom. The summed E-state index contributed by atoms with van der Waals surface area (Å²) in [7, 11) is 0.339. The number of benzene rings is 1. The molecular weight excluding hydrogens is 349 g/mol. The molecule has 0 N–H and O–H groups in total. The van der Waals surface area contributed by atoms with Crippen LogP contribution in [0.1, 0.15) is 48.5 Å². The first-order valence-electron chi connectivity index (χ1n) is 9.17. The van der Waals surface area contributed by atoms with E-state index in [1.165, 1.54) is 14.0 Å². The van der Waals surface area contributed by atoms with Gasteiger partial charge in [-0.15, -0.1) is 0 Å². The number of rotatable bonds is 7. The number of esters is 1. The van der Waals surface area contributed by atoms with E-state index >= 15 is 0 Å². The van der Waals surface area contributed by atoms with Gasteiger partial charge in [-0.25, -0.2) is 4.79 Å². The monoisotopic (exact) mass is 371 g/mol. The smallest absolute Gasteiger partial charge is 0.537 e. The number of fused-ring (bicyclic) bond motifs is 1. The molecule has 0 amide bonds. The largest absolute Gasteiger partial charge is 0.550 e. The Morgan fingerprint density at radius 3 is 2.63 bits per heavy atom. The third-order valence-electron chi connectivity index (χ3n) is 5.68. The van der Waals surface area contributed by atoms with Crippen LogP contribution < -0.4 is 4.65 Å². The first kappa shape index (κ1) is 19.3. The lowest BCUT2D eigenvalue weighted by molar-refractivity contribution is -0.130. The first-order chi connectivity index (χ1) is 13.0. The van der Waals surface area contributed by atoms with Gasteiger partial charge in [-0.05, 0) is 43.7 Å². The van der Waals surface area contributed by atoms with Crippen LogP contribution in [0.15, 0.2) is 23.3 Å². The van der Waals surface area contributed by atoms with Crippen LogP contribution in [0.3, 0.4) is 0 Å². The fourth-order valence-electron chi connectivity index (χ4n) is 4.10. The number of nitrogens with zero attached hydrogens (tertiary/aromatic N) is 1. The van der Waals surface area contributed by atoms with Crippen molar-refractivity contribution in [3.8, 4) is 5.75 Å². The molecule has 1 saturated carbocycles. The van der Waals surface area contributed by atoms with Gasteiger partial charge in [0.25, 0.3) is 0 Å². The summed E-state index contributed by atoms with van der Waals surface area (Å²) in [6, 6.07) is 5.18.